The average molecular weight is 364 g/mol. The number of fused-ring (bicyclic) bond motifs is 1. The SMILES string of the molecule is N[C@H]1CCCC[C@H]1Nc1nc(-c2cc(F)cs2)c2c(c1F)CNC2=O. The fourth-order valence-electron chi connectivity index (χ4n) is 3.51. The normalized spacial score (nSPS) is 22.6. The summed E-state index contributed by atoms with van der Waals surface area (Å²) in [4.78, 5) is 17.0. The highest BCUT2D eigenvalue weighted by molar-refractivity contribution is 7.13. The van der Waals surface area contributed by atoms with Crippen LogP contribution >= 0.6 is 11.3 Å². The molecule has 0 bridgehead atoms. The Kier molecular flexibility index (Phi) is 4.16. The lowest BCUT2D eigenvalue weighted by atomic mass is 9.91. The third kappa shape index (κ3) is 2.89. The monoisotopic (exact) mass is 364 g/mol. The Labute approximate surface area is 147 Å². The van der Waals surface area contributed by atoms with E-state index in [2.05, 4.69) is 15.6 Å². The highest BCUT2D eigenvalue weighted by Gasteiger charge is 2.32. The van der Waals surface area contributed by atoms with Gasteiger partial charge >= 0.3 is 0 Å². The molecule has 0 unspecified atom stereocenters. The van der Waals surface area contributed by atoms with E-state index in [0.29, 0.717) is 10.6 Å². The summed E-state index contributed by atoms with van der Waals surface area (Å²) in [5, 5.41) is 7.08. The van der Waals surface area contributed by atoms with Crippen molar-refractivity contribution in [2.75, 3.05) is 5.32 Å². The minimum atomic E-state index is -0.535. The largest absolute Gasteiger partial charge is 0.363 e. The van der Waals surface area contributed by atoms with Crippen LogP contribution < -0.4 is 16.4 Å². The van der Waals surface area contributed by atoms with Crippen molar-refractivity contribution in [2.45, 2.75) is 44.3 Å². The van der Waals surface area contributed by atoms with Crippen LogP contribution in [0, 0.1) is 11.6 Å². The number of carbonyl (C=O) groups is 1. The molecular weight excluding hydrogens is 346 g/mol. The van der Waals surface area contributed by atoms with Gasteiger partial charge in [0.25, 0.3) is 5.91 Å². The molecule has 1 aliphatic heterocycles. The van der Waals surface area contributed by atoms with E-state index in [1.807, 2.05) is 0 Å². The number of thiophene rings is 1. The van der Waals surface area contributed by atoms with Crippen molar-refractivity contribution in [1.82, 2.24) is 10.3 Å². The van der Waals surface area contributed by atoms with Crippen LogP contribution in [0.3, 0.4) is 0 Å². The van der Waals surface area contributed by atoms with Crippen molar-refractivity contribution in [3.8, 4) is 10.6 Å². The molecule has 4 N–H and O–H groups in total. The van der Waals surface area contributed by atoms with Gasteiger partial charge in [0.1, 0.15) is 5.82 Å². The molecule has 5 nitrogen and oxygen atoms in total. The molecule has 0 saturated heterocycles. The second-order valence-electron chi connectivity index (χ2n) is 6.49. The number of hydrogen-bond acceptors (Lipinski definition) is 5. The van der Waals surface area contributed by atoms with Crippen molar-refractivity contribution in [3.05, 3.63) is 34.2 Å². The van der Waals surface area contributed by atoms with Crippen LogP contribution in [0.4, 0.5) is 14.6 Å². The molecular formula is C17H18F2N4OS. The predicted molar refractivity (Wildman–Crippen MR) is 92.5 cm³/mol. The number of amides is 1. The quantitative estimate of drug-likeness (QED) is 0.782. The molecule has 0 radical (unpaired) electrons. The summed E-state index contributed by atoms with van der Waals surface area (Å²) in [6.07, 6.45) is 3.82. The molecule has 2 aliphatic rings. The number of anilines is 1. The molecule has 25 heavy (non-hydrogen) atoms. The van der Waals surface area contributed by atoms with E-state index in [1.54, 1.807) is 0 Å². The lowest BCUT2D eigenvalue weighted by Gasteiger charge is -2.30. The Morgan fingerprint density at radius 2 is 2.12 bits per heavy atom. The maximum atomic E-state index is 14.9. The van der Waals surface area contributed by atoms with Gasteiger partial charge in [-0.2, -0.15) is 0 Å². The number of aromatic nitrogens is 1. The van der Waals surface area contributed by atoms with Gasteiger partial charge in [0, 0.05) is 29.6 Å². The van der Waals surface area contributed by atoms with E-state index in [1.165, 1.54) is 11.4 Å². The molecule has 0 spiro atoms. The van der Waals surface area contributed by atoms with Crippen molar-refractivity contribution in [1.29, 1.82) is 0 Å². The standard InChI is InChI=1S/C17H18F2N4OS/c18-8-5-12(25-7-8)15-13-9(6-21-17(13)24)14(19)16(23-15)22-11-4-2-1-3-10(11)20/h5,7,10-11H,1-4,6,20H2,(H,21,24)(H,22,23)/t10-,11+/m0/s1. The Hall–Kier alpha value is -2.06. The van der Waals surface area contributed by atoms with Crippen LogP contribution in [-0.2, 0) is 6.54 Å². The Bertz CT molecular complexity index is 838. The lowest BCUT2D eigenvalue weighted by molar-refractivity contribution is 0.0966. The Morgan fingerprint density at radius 1 is 1.32 bits per heavy atom. The van der Waals surface area contributed by atoms with Crippen molar-refractivity contribution < 1.29 is 13.6 Å². The Balaban J connectivity index is 1.79. The summed E-state index contributed by atoms with van der Waals surface area (Å²) in [6, 6.07) is 1.18. The topological polar surface area (TPSA) is 80.0 Å². The van der Waals surface area contributed by atoms with Gasteiger partial charge < -0.3 is 16.4 Å². The van der Waals surface area contributed by atoms with E-state index < -0.39 is 11.6 Å². The van der Waals surface area contributed by atoms with Crippen LogP contribution in [-0.4, -0.2) is 23.0 Å². The summed E-state index contributed by atoms with van der Waals surface area (Å²) in [5.74, 6) is -1.23. The molecule has 8 heteroatoms. The van der Waals surface area contributed by atoms with Crippen molar-refractivity contribution in [3.63, 3.8) is 0 Å². The zero-order valence-electron chi connectivity index (χ0n) is 13.4. The molecule has 1 amide bonds. The molecule has 2 atom stereocenters. The molecule has 2 aromatic heterocycles. The smallest absolute Gasteiger partial charge is 0.254 e. The van der Waals surface area contributed by atoms with E-state index in [-0.39, 0.29) is 41.5 Å². The van der Waals surface area contributed by atoms with E-state index in [9.17, 15) is 13.6 Å². The predicted octanol–water partition coefficient (Wildman–Crippen LogP) is 3.01. The highest BCUT2D eigenvalue weighted by Crippen LogP contribution is 2.36. The van der Waals surface area contributed by atoms with Gasteiger partial charge in [-0.1, -0.05) is 12.8 Å². The van der Waals surface area contributed by atoms with E-state index in [4.69, 9.17) is 5.73 Å². The number of rotatable bonds is 3. The first-order valence-corrected chi connectivity index (χ1v) is 9.19. The van der Waals surface area contributed by atoms with Crippen LogP contribution in [0.1, 0.15) is 41.6 Å². The van der Waals surface area contributed by atoms with Gasteiger partial charge in [-0.3, -0.25) is 4.79 Å². The molecule has 4 rings (SSSR count). The maximum absolute atomic E-state index is 14.9. The van der Waals surface area contributed by atoms with Crippen molar-refractivity contribution in [2.24, 2.45) is 5.73 Å². The lowest BCUT2D eigenvalue weighted by Crippen LogP contribution is -2.43. The third-order valence-electron chi connectivity index (χ3n) is 4.83. The molecule has 1 fully saturated rings. The first-order chi connectivity index (χ1) is 12.0. The molecule has 2 aromatic rings. The number of hydrogen-bond donors (Lipinski definition) is 3. The number of nitrogens with zero attached hydrogens (tertiary/aromatic N) is 1. The van der Waals surface area contributed by atoms with Crippen LogP contribution in [0.25, 0.3) is 10.6 Å². The summed E-state index contributed by atoms with van der Waals surface area (Å²) in [7, 11) is 0. The number of pyridine rings is 1. The molecule has 3 heterocycles. The minimum absolute atomic E-state index is 0.0632. The molecule has 1 saturated carbocycles. The van der Waals surface area contributed by atoms with E-state index in [0.717, 1.165) is 37.0 Å². The van der Waals surface area contributed by atoms with Gasteiger partial charge in [-0.05, 0) is 18.9 Å². The Morgan fingerprint density at radius 3 is 2.84 bits per heavy atom. The molecule has 1 aliphatic carbocycles. The number of halogens is 2. The van der Waals surface area contributed by atoms with Crippen molar-refractivity contribution >= 4 is 23.1 Å². The van der Waals surface area contributed by atoms with E-state index >= 15 is 0 Å². The number of nitrogens with two attached hydrogens (primary N) is 1. The fourth-order valence-corrected chi connectivity index (χ4v) is 4.25. The zero-order valence-corrected chi connectivity index (χ0v) is 14.3. The molecule has 132 valence electrons. The third-order valence-corrected chi connectivity index (χ3v) is 5.74. The van der Waals surface area contributed by atoms with Gasteiger partial charge in [0.15, 0.2) is 11.6 Å². The minimum Gasteiger partial charge on any atom is -0.363 e. The fraction of sp³-hybridized carbons (Fsp3) is 0.412. The highest BCUT2D eigenvalue weighted by atomic mass is 32.1. The van der Waals surface area contributed by atoms with Gasteiger partial charge in [-0.15, -0.1) is 11.3 Å². The zero-order chi connectivity index (χ0) is 17.6. The first-order valence-electron chi connectivity index (χ1n) is 8.31. The second kappa shape index (κ2) is 6.34. The number of carbonyl (C=O) groups excluding carboxylic acids is 1. The van der Waals surface area contributed by atoms with Gasteiger partial charge in [-0.25, -0.2) is 13.8 Å². The second-order valence-corrected chi connectivity index (χ2v) is 7.40. The average Bonchev–Trinajstić information content (AvgIpc) is 3.19. The summed E-state index contributed by atoms with van der Waals surface area (Å²) >= 11 is 1.14. The first kappa shape index (κ1) is 16.4. The molecule has 0 aromatic carbocycles. The van der Waals surface area contributed by atoms with Crippen LogP contribution in [0.15, 0.2) is 11.4 Å². The van der Waals surface area contributed by atoms with Crippen LogP contribution in [0.5, 0.6) is 0 Å². The summed E-state index contributed by atoms with van der Waals surface area (Å²) < 4.78 is 28.3. The summed E-state index contributed by atoms with van der Waals surface area (Å²) in [5.41, 5.74) is 6.92. The maximum Gasteiger partial charge on any atom is 0.254 e. The van der Waals surface area contributed by atoms with Gasteiger partial charge in [0.2, 0.25) is 0 Å². The van der Waals surface area contributed by atoms with Gasteiger partial charge in [0.05, 0.1) is 16.1 Å². The summed E-state index contributed by atoms with van der Waals surface area (Å²) in [6.45, 7) is 0.106. The van der Waals surface area contributed by atoms with Crippen LogP contribution in [0.2, 0.25) is 0 Å². The number of nitrogens with one attached hydrogen (secondary N) is 2.